The summed E-state index contributed by atoms with van der Waals surface area (Å²) in [6.07, 6.45) is -12.6. The molecule has 66 heavy (non-hydrogen) atoms. The molecule has 4 heterocycles. The van der Waals surface area contributed by atoms with Gasteiger partial charge in [-0.3, -0.25) is 9.59 Å². The van der Waals surface area contributed by atoms with E-state index < -0.39 is 123 Å². The van der Waals surface area contributed by atoms with Crippen molar-refractivity contribution in [3.8, 4) is 0 Å². The number of fused-ring (bicyclic) bond motifs is 5. The van der Waals surface area contributed by atoms with Crippen molar-refractivity contribution in [1.82, 2.24) is 0 Å². The topological polar surface area (TPSA) is 285 Å². The first-order valence-electron chi connectivity index (χ1n) is 23.6. The number of hydrogen-bond donors (Lipinski definition) is 7. The minimum Gasteiger partial charge on any atom is -0.458 e. The van der Waals surface area contributed by atoms with E-state index in [4.69, 9.17) is 47.4 Å². The molecule has 4 aliphatic heterocycles. The molecule has 8 aliphatic rings. The number of ether oxygens (including phenoxy) is 10. The molecule has 0 aromatic rings. The first kappa shape index (κ1) is 50.0. The Labute approximate surface area is 384 Å². The smallest absolute Gasteiger partial charge is 0.331 e. The molecule has 0 bridgehead atoms. The van der Waals surface area contributed by atoms with Crippen molar-refractivity contribution in [1.29, 1.82) is 0 Å². The van der Waals surface area contributed by atoms with E-state index in [1.54, 1.807) is 13.0 Å². The van der Waals surface area contributed by atoms with Gasteiger partial charge in [-0.05, 0) is 99.4 Å². The van der Waals surface area contributed by atoms with E-state index in [2.05, 4.69) is 13.8 Å². The van der Waals surface area contributed by atoms with Crippen LogP contribution in [0.4, 0.5) is 0 Å². The largest absolute Gasteiger partial charge is 0.458 e. The molecule has 0 aromatic carbocycles. The van der Waals surface area contributed by atoms with Crippen molar-refractivity contribution in [2.45, 2.75) is 196 Å². The van der Waals surface area contributed by atoms with Crippen LogP contribution in [-0.2, 0) is 61.8 Å². The van der Waals surface area contributed by atoms with Gasteiger partial charge in [0.2, 0.25) is 0 Å². The maximum atomic E-state index is 12.6. The van der Waals surface area contributed by atoms with Gasteiger partial charge in [-0.1, -0.05) is 13.8 Å². The lowest BCUT2D eigenvalue weighted by Crippen LogP contribution is -2.63. The number of methoxy groups -OCH3 is 1. The summed E-state index contributed by atoms with van der Waals surface area (Å²) in [5.41, 5.74) is -0.249. The van der Waals surface area contributed by atoms with Crippen molar-refractivity contribution < 1.29 is 97.5 Å². The predicted molar refractivity (Wildman–Crippen MR) is 222 cm³/mol. The molecule has 374 valence electrons. The minimum absolute atomic E-state index is 0.0594. The summed E-state index contributed by atoms with van der Waals surface area (Å²) in [6.45, 7) is 7.81. The summed E-state index contributed by atoms with van der Waals surface area (Å²) in [6, 6.07) is 0. The lowest BCUT2D eigenvalue weighted by molar-refractivity contribution is -0.345. The van der Waals surface area contributed by atoms with E-state index in [0.717, 1.165) is 51.0 Å². The fourth-order valence-electron chi connectivity index (χ4n) is 13.5. The number of aliphatic hydroxyl groups excluding tert-OH is 6. The zero-order valence-electron chi connectivity index (χ0n) is 38.5. The summed E-state index contributed by atoms with van der Waals surface area (Å²) in [7, 11) is 1.33. The number of hydrogen-bond acceptors (Lipinski definition) is 20. The second-order valence-electron chi connectivity index (χ2n) is 20.6. The fraction of sp³-hybridized carbons (Fsp3) is 0.891. The maximum absolute atomic E-state index is 12.6. The maximum Gasteiger partial charge on any atom is 0.331 e. The van der Waals surface area contributed by atoms with Crippen LogP contribution >= 0.6 is 0 Å². The molecular weight excluding hydrogens is 872 g/mol. The molecule has 4 saturated carbocycles. The molecule has 0 unspecified atom stereocenters. The Morgan fingerprint density at radius 1 is 0.712 bits per heavy atom. The molecule has 0 amide bonds. The molecular formula is C46H70O20. The number of rotatable bonds is 12. The zero-order valence-corrected chi connectivity index (χ0v) is 38.5. The predicted octanol–water partition coefficient (Wildman–Crippen LogP) is -0.0998. The van der Waals surface area contributed by atoms with Crippen LogP contribution in [0.15, 0.2) is 11.6 Å². The Hall–Kier alpha value is -2.41. The van der Waals surface area contributed by atoms with Crippen LogP contribution < -0.4 is 0 Å². The van der Waals surface area contributed by atoms with Crippen LogP contribution in [-0.4, -0.2) is 184 Å². The van der Waals surface area contributed by atoms with E-state index in [-0.39, 0.29) is 40.7 Å². The lowest BCUT2D eigenvalue weighted by atomic mass is 9.43. The standard InChI is InChI=1S/C46H70O20/c1-20-38(62-21(2)47)39(57-6)40(63-22(3)48)43(61-20)60-19-29-32(50)34(52)36(54)41(65-29)59-18-30-33(51)35(53)37(55)42(66-30)64-25-9-12-44(4)24(16-25)7-8-28-27(44)10-13-45(5)26(11-14-46(28,45)56)23-15-31(49)58-17-23/h15,20,24-30,32-43,50-56H,7-14,16-19H2,1-6H3/t20-,24+,25+,26+,27-,28+,29-,30+,32-,33+,34-,35+,36-,37+,38+,39-,40-,41-,42+,43-,44-,45+,46+/m1/s1. The van der Waals surface area contributed by atoms with Gasteiger partial charge in [-0.2, -0.15) is 0 Å². The highest BCUT2D eigenvalue weighted by Gasteiger charge is 2.68. The normalized spacial score (nSPS) is 50.3. The summed E-state index contributed by atoms with van der Waals surface area (Å²) in [5.74, 6) is -0.830. The molecule has 20 nitrogen and oxygen atoms in total. The monoisotopic (exact) mass is 942 g/mol. The summed E-state index contributed by atoms with van der Waals surface area (Å²) in [4.78, 5) is 35.9. The highest BCUT2D eigenvalue weighted by Crippen LogP contribution is 2.70. The second-order valence-corrected chi connectivity index (χ2v) is 20.6. The quantitative estimate of drug-likeness (QED) is 0.0764. The first-order valence-corrected chi connectivity index (χ1v) is 23.6. The lowest BCUT2D eigenvalue weighted by Gasteiger charge is -2.64. The van der Waals surface area contributed by atoms with Crippen LogP contribution in [0.5, 0.6) is 0 Å². The average Bonchev–Trinajstić information content (AvgIpc) is 3.82. The first-order chi connectivity index (χ1) is 31.2. The molecule has 0 aromatic heterocycles. The molecule has 3 saturated heterocycles. The van der Waals surface area contributed by atoms with Gasteiger partial charge in [0.1, 0.15) is 61.5 Å². The third-order valence-electron chi connectivity index (χ3n) is 17.1. The van der Waals surface area contributed by atoms with Gasteiger partial charge >= 0.3 is 17.9 Å². The SMILES string of the molecule is CO[C@@H]1[C@@H](OC(C)=O)[C@@H](C)O[C@@H](OC[C@H]2O[C@@H](OC[C@@H]3O[C@H](O[C@H]4CC[C@]5(C)[C@@H](CC[C@H]6[C@H]5CC[C@@]5(C)[C@H](C7=CC(=O)OC7)CC[C@]65O)C4)[C@@H](O)[C@@H](O)[C@H]3O)[C@H](O)[C@H](O)[C@@H]2O)[C@@H]1OC(C)=O. The van der Waals surface area contributed by atoms with Crippen molar-refractivity contribution >= 4 is 17.9 Å². The van der Waals surface area contributed by atoms with E-state index in [1.807, 2.05) is 0 Å². The Bertz CT molecular complexity index is 1800. The van der Waals surface area contributed by atoms with Crippen LogP contribution in [0.1, 0.15) is 92.4 Å². The highest BCUT2D eigenvalue weighted by atomic mass is 16.8. The van der Waals surface area contributed by atoms with E-state index in [1.165, 1.54) is 14.0 Å². The summed E-state index contributed by atoms with van der Waals surface area (Å²) >= 11 is 0. The average molecular weight is 943 g/mol. The highest BCUT2D eigenvalue weighted by molar-refractivity contribution is 5.85. The molecule has 7 N–H and O–H groups in total. The Kier molecular flexibility index (Phi) is 14.7. The minimum atomic E-state index is -1.80. The molecule has 4 aliphatic carbocycles. The molecule has 23 atom stereocenters. The van der Waals surface area contributed by atoms with Crippen molar-refractivity contribution in [2.24, 2.45) is 34.5 Å². The molecule has 0 spiro atoms. The van der Waals surface area contributed by atoms with E-state index in [9.17, 15) is 50.1 Å². The van der Waals surface area contributed by atoms with Crippen LogP contribution in [0.25, 0.3) is 0 Å². The third-order valence-corrected chi connectivity index (χ3v) is 17.1. The van der Waals surface area contributed by atoms with Gasteiger partial charge in [0.15, 0.2) is 31.1 Å². The van der Waals surface area contributed by atoms with E-state index in [0.29, 0.717) is 31.8 Å². The number of carbonyl (C=O) groups is 3. The van der Waals surface area contributed by atoms with E-state index >= 15 is 0 Å². The van der Waals surface area contributed by atoms with Gasteiger partial charge in [0.05, 0.1) is 31.0 Å². The van der Waals surface area contributed by atoms with Crippen LogP contribution in [0.3, 0.4) is 0 Å². The van der Waals surface area contributed by atoms with Crippen LogP contribution in [0.2, 0.25) is 0 Å². The van der Waals surface area contributed by atoms with Crippen molar-refractivity contribution in [2.75, 3.05) is 26.9 Å². The Morgan fingerprint density at radius 3 is 1.95 bits per heavy atom. The number of esters is 3. The molecule has 0 radical (unpaired) electrons. The fourth-order valence-corrected chi connectivity index (χ4v) is 13.5. The third kappa shape index (κ3) is 8.99. The van der Waals surface area contributed by atoms with Crippen molar-refractivity contribution in [3.63, 3.8) is 0 Å². The van der Waals surface area contributed by atoms with Crippen LogP contribution in [0, 0.1) is 34.5 Å². The zero-order chi connectivity index (χ0) is 47.6. The van der Waals surface area contributed by atoms with Gasteiger partial charge in [0.25, 0.3) is 0 Å². The molecule has 7 fully saturated rings. The van der Waals surface area contributed by atoms with Gasteiger partial charge < -0.3 is 83.1 Å². The second kappa shape index (κ2) is 19.4. The summed E-state index contributed by atoms with van der Waals surface area (Å²) in [5, 5.41) is 78.2. The number of cyclic esters (lactones) is 1. The Morgan fingerprint density at radius 2 is 1.33 bits per heavy atom. The molecule has 20 heteroatoms. The number of aliphatic hydroxyl groups is 7. The summed E-state index contributed by atoms with van der Waals surface area (Å²) < 4.78 is 57.5. The van der Waals surface area contributed by atoms with Crippen molar-refractivity contribution in [3.05, 3.63) is 11.6 Å². The molecule has 8 rings (SSSR count). The number of carbonyl (C=O) groups excluding carboxylic acids is 3. The van der Waals surface area contributed by atoms with Gasteiger partial charge in [-0.25, -0.2) is 4.79 Å². The van der Waals surface area contributed by atoms with Gasteiger partial charge in [-0.15, -0.1) is 0 Å². The Balaban J connectivity index is 0.869. The van der Waals surface area contributed by atoms with Gasteiger partial charge in [0, 0.05) is 32.4 Å².